The Hall–Kier alpha value is -6.97. The van der Waals surface area contributed by atoms with Crippen LogP contribution in [0.2, 0.25) is 0 Å². The quantitative estimate of drug-likeness (QED) is 0.0328. The number of hydrogen-bond acceptors (Lipinski definition) is 17. The Bertz CT molecular complexity index is 2960. The van der Waals surface area contributed by atoms with Crippen molar-refractivity contribution in [2.45, 2.75) is 90.6 Å². The van der Waals surface area contributed by atoms with Crippen molar-refractivity contribution in [3.63, 3.8) is 0 Å². The number of likely N-dealkylation sites (tertiary alicyclic amines) is 2. The summed E-state index contributed by atoms with van der Waals surface area (Å²) in [5.41, 5.74) is 17.0. The minimum atomic E-state index is -0.948. The highest BCUT2D eigenvalue weighted by Crippen LogP contribution is 2.35. The predicted octanol–water partition coefficient (Wildman–Crippen LogP) is 5.59. The number of ether oxygens (including phenoxy) is 7. The molecule has 0 aliphatic carbocycles. The average Bonchev–Trinajstić information content (AvgIpc) is 3.12. The number of nitrogens with two attached hydrogens (primary N) is 2. The van der Waals surface area contributed by atoms with E-state index in [-0.39, 0.29) is 111 Å². The van der Waals surface area contributed by atoms with Crippen molar-refractivity contribution in [1.82, 2.24) is 35.2 Å². The summed E-state index contributed by atoms with van der Waals surface area (Å²) in [4.78, 5) is 74.7. The number of thiazole rings is 1. The zero-order valence-corrected chi connectivity index (χ0v) is 48.8. The van der Waals surface area contributed by atoms with E-state index in [0.29, 0.717) is 84.3 Å². The summed E-state index contributed by atoms with van der Waals surface area (Å²) in [6.45, 7) is 12.1. The number of β-amino-alcohol motifs (C(OH)–C–C–N with tert-alkyl or cyclic N) is 1. The molecule has 4 unspecified atom stereocenters. The van der Waals surface area contributed by atoms with Crippen LogP contribution >= 0.6 is 11.3 Å². The van der Waals surface area contributed by atoms with Crippen LogP contribution in [0.4, 0.5) is 14.6 Å². The maximum Gasteiger partial charge on any atom is 0.254 e. The highest BCUT2D eigenvalue weighted by molar-refractivity contribution is 7.13. The van der Waals surface area contributed by atoms with Gasteiger partial charge in [0.05, 0.1) is 114 Å². The predicted molar refractivity (Wildman–Crippen MR) is 308 cm³/mol. The van der Waals surface area contributed by atoms with Gasteiger partial charge in [0.2, 0.25) is 23.6 Å². The molecule has 5 aromatic rings. The molecule has 3 aromatic carbocycles. The number of aliphatic hydroxyl groups excluding tert-OH is 1. The first kappa shape index (κ1) is 64.6. The van der Waals surface area contributed by atoms with E-state index in [1.807, 2.05) is 52.0 Å². The minimum Gasteiger partial charge on any atom is -0.454 e. The summed E-state index contributed by atoms with van der Waals surface area (Å²) in [5, 5.41) is 21.0. The highest BCUT2D eigenvalue weighted by atomic mass is 32.1. The summed E-state index contributed by atoms with van der Waals surface area (Å²) in [7, 11) is 0. The second kappa shape index (κ2) is 31.8. The van der Waals surface area contributed by atoms with Crippen molar-refractivity contribution in [3.05, 3.63) is 101 Å². The molecule has 5 amide bonds. The van der Waals surface area contributed by atoms with Gasteiger partial charge in [-0.2, -0.15) is 5.10 Å². The fraction of sp³-hybridized carbons (Fsp3) is 0.508. The first-order valence-corrected chi connectivity index (χ1v) is 29.0. The van der Waals surface area contributed by atoms with Gasteiger partial charge in [-0.3, -0.25) is 24.0 Å². The van der Waals surface area contributed by atoms with Crippen LogP contribution in [-0.4, -0.2) is 176 Å². The average molecular weight is 1190 g/mol. The number of nitrogen functional groups attached to an aromatic ring is 1. The van der Waals surface area contributed by atoms with E-state index in [2.05, 4.69) is 20.7 Å². The Labute approximate surface area is 491 Å². The Morgan fingerprint density at radius 1 is 0.798 bits per heavy atom. The lowest BCUT2D eigenvalue weighted by Gasteiger charge is -2.35. The van der Waals surface area contributed by atoms with E-state index in [9.17, 15) is 37.9 Å². The van der Waals surface area contributed by atoms with Crippen LogP contribution < -0.4 is 26.8 Å². The second-order valence-electron chi connectivity index (χ2n) is 21.4. The van der Waals surface area contributed by atoms with Crippen molar-refractivity contribution in [2.75, 3.05) is 105 Å². The van der Waals surface area contributed by atoms with Crippen molar-refractivity contribution < 1.29 is 71.0 Å². The highest BCUT2D eigenvalue weighted by Gasteiger charge is 2.44. The number of carbonyl (C=O) groups excluding carboxylic acids is 5. The van der Waals surface area contributed by atoms with Crippen LogP contribution in [0.3, 0.4) is 0 Å². The molecule has 2 aromatic heterocycles. The SMILES string of the molecule is Cc1ncsc1-c1ccc(CNC(=O)C2CC(O)CN2C(=O)C(NC(=O)CCOCCOCCOCCOCCOCCOCCC(=O)N2CCCC(n3nc(-c4ccc(Oc5ccc(F)cc5F)cc4)c(C(N)=O)c3N)C2)C(C)(C)C)cc1. The van der Waals surface area contributed by atoms with Gasteiger partial charge in [0.1, 0.15) is 40.7 Å². The van der Waals surface area contributed by atoms with Crippen molar-refractivity contribution in [3.8, 4) is 33.2 Å². The van der Waals surface area contributed by atoms with Gasteiger partial charge in [0, 0.05) is 50.7 Å². The number of halogens is 2. The molecule has 0 spiro atoms. The standard InChI is InChI=1S/C59H77F2N9O13S/c1-38-53(84-37-65-38)41-9-7-39(8-10-41)34-64-57(75)47-33-44(71)36-69(47)58(76)54(59(2,3)4)66-49(72)17-20-77-22-24-79-26-28-81-30-31-82-29-27-80-25-23-78-21-18-50(73)68-19-5-6-43(35-68)70-55(62)51(56(63)74)52(67-70)40-11-14-45(15-12-40)83-48-16-13-42(60)32-46(48)61/h7-16,32,37,43-44,47,54,71H,5-6,17-31,33-36,62H2,1-4H3,(H2,63,74)(H,64,75)(H,66,72). The molecule has 4 heterocycles. The molecule has 7 N–H and O–H groups in total. The van der Waals surface area contributed by atoms with Crippen LogP contribution in [0, 0.1) is 24.0 Å². The fourth-order valence-electron chi connectivity index (χ4n) is 9.62. The van der Waals surface area contributed by atoms with Crippen LogP contribution in [-0.2, 0) is 54.1 Å². The third-order valence-electron chi connectivity index (χ3n) is 14.0. The number of benzene rings is 3. The van der Waals surface area contributed by atoms with E-state index in [0.717, 1.165) is 33.8 Å². The Morgan fingerprint density at radius 3 is 1.96 bits per heavy atom. The summed E-state index contributed by atoms with van der Waals surface area (Å²) in [5.74, 6) is -3.45. The van der Waals surface area contributed by atoms with Crippen LogP contribution in [0.5, 0.6) is 11.5 Å². The third-order valence-corrected chi connectivity index (χ3v) is 15.0. The normalized spacial score (nSPS) is 16.6. The van der Waals surface area contributed by atoms with Gasteiger partial charge in [0.25, 0.3) is 5.91 Å². The number of aliphatic hydroxyl groups is 1. The number of anilines is 1. The van der Waals surface area contributed by atoms with Crippen molar-refractivity contribution >= 4 is 46.7 Å². The summed E-state index contributed by atoms with van der Waals surface area (Å²) >= 11 is 1.56. The molecule has 25 heteroatoms. The lowest BCUT2D eigenvalue weighted by atomic mass is 9.85. The molecule has 22 nitrogen and oxygen atoms in total. The van der Waals surface area contributed by atoms with Gasteiger partial charge in [-0.05, 0) is 72.7 Å². The number of piperidine rings is 1. The second-order valence-corrected chi connectivity index (χ2v) is 22.2. The Balaban J connectivity index is 0.676. The summed E-state index contributed by atoms with van der Waals surface area (Å²) in [6.07, 6.45) is 0.727. The number of amides is 5. The molecule has 2 fully saturated rings. The number of rotatable bonds is 32. The van der Waals surface area contributed by atoms with Crippen molar-refractivity contribution in [1.29, 1.82) is 0 Å². The topological polar surface area (TPSA) is 283 Å². The molecule has 2 aliphatic heterocycles. The van der Waals surface area contributed by atoms with Gasteiger partial charge in [0.15, 0.2) is 11.6 Å². The third kappa shape index (κ3) is 18.8. The lowest BCUT2D eigenvalue weighted by Crippen LogP contribution is -2.57. The monoisotopic (exact) mass is 1190 g/mol. The van der Waals surface area contributed by atoms with Crippen LogP contribution in [0.1, 0.15) is 80.5 Å². The molecular weight excluding hydrogens is 1110 g/mol. The maximum atomic E-state index is 14.1. The fourth-order valence-corrected chi connectivity index (χ4v) is 10.4. The molecule has 0 radical (unpaired) electrons. The zero-order valence-electron chi connectivity index (χ0n) is 48.0. The number of nitrogens with zero attached hydrogens (tertiary/aromatic N) is 5. The van der Waals surface area contributed by atoms with Crippen LogP contribution in [0.25, 0.3) is 21.7 Å². The molecule has 2 saturated heterocycles. The number of nitrogens with one attached hydrogen (secondary N) is 2. The smallest absolute Gasteiger partial charge is 0.254 e. The molecule has 4 atom stereocenters. The Kier molecular flexibility index (Phi) is 24.4. The van der Waals surface area contributed by atoms with Gasteiger partial charge < -0.3 is 70.2 Å². The van der Waals surface area contributed by atoms with Gasteiger partial charge in [-0.1, -0.05) is 45.0 Å². The van der Waals surface area contributed by atoms with Crippen LogP contribution in [0.15, 0.2) is 72.2 Å². The first-order valence-electron chi connectivity index (χ1n) is 28.1. The summed E-state index contributed by atoms with van der Waals surface area (Å²) < 4.78 is 68.1. The number of hydrogen-bond donors (Lipinski definition) is 5. The van der Waals surface area contributed by atoms with Gasteiger partial charge in [-0.25, -0.2) is 18.4 Å². The number of carbonyl (C=O) groups is 5. The van der Waals surface area contributed by atoms with E-state index < -0.39 is 47.1 Å². The summed E-state index contributed by atoms with van der Waals surface area (Å²) in [6, 6.07) is 15.0. The first-order chi connectivity index (χ1) is 40.4. The van der Waals surface area contributed by atoms with E-state index in [1.54, 1.807) is 50.7 Å². The number of aryl methyl sites for hydroxylation is 1. The van der Waals surface area contributed by atoms with Crippen molar-refractivity contribution in [2.24, 2.45) is 11.1 Å². The minimum absolute atomic E-state index is 0.00554. The molecule has 0 bridgehead atoms. The number of primary amides is 1. The van der Waals surface area contributed by atoms with E-state index in [1.165, 1.54) is 11.0 Å². The lowest BCUT2D eigenvalue weighted by molar-refractivity contribution is -0.144. The largest absolute Gasteiger partial charge is 0.454 e. The Morgan fingerprint density at radius 2 is 1.39 bits per heavy atom. The van der Waals surface area contributed by atoms with E-state index >= 15 is 0 Å². The van der Waals surface area contributed by atoms with E-state index in [4.69, 9.17) is 44.6 Å². The molecule has 84 heavy (non-hydrogen) atoms. The molecule has 456 valence electrons. The molecule has 7 rings (SSSR count). The zero-order chi connectivity index (χ0) is 60.2. The molecule has 2 aliphatic rings. The van der Waals surface area contributed by atoms with Gasteiger partial charge >= 0.3 is 0 Å². The maximum absolute atomic E-state index is 14.1. The number of aromatic nitrogens is 3. The van der Waals surface area contributed by atoms with Gasteiger partial charge in [-0.15, -0.1) is 11.3 Å². The molecule has 0 saturated carbocycles. The molecular formula is C59H77F2N9O13S.